The zero-order chi connectivity index (χ0) is 19.0. The Morgan fingerprint density at radius 2 is 1.82 bits per heavy atom. The maximum Gasteiger partial charge on any atom is 0.274 e. The topological polar surface area (TPSA) is 51.0 Å². The van der Waals surface area contributed by atoms with Gasteiger partial charge in [-0.2, -0.15) is 5.10 Å². The van der Waals surface area contributed by atoms with Gasteiger partial charge in [-0.1, -0.05) is 24.6 Å². The minimum Gasteiger partial charge on any atom is -0.337 e. The van der Waals surface area contributed by atoms with Crippen LogP contribution in [0.1, 0.15) is 42.6 Å². The molecular weight excluding hydrogens is 348 g/mol. The molecule has 5 rings (SSSR count). The molecule has 2 aromatic heterocycles. The van der Waals surface area contributed by atoms with Crippen molar-refractivity contribution < 1.29 is 4.79 Å². The Bertz CT molecular complexity index is 919. The number of amides is 1. The van der Waals surface area contributed by atoms with E-state index < -0.39 is 0 Å². The number of nitrogens with zero attached hydrogens (tertiary/aromatic N) is 4. The van der Waals surface area contributed by atoms with Crippen LogP contribution < -0.4 is 0 Å². The number of aromatic nitrogens is 3. The second-order valence-electron chi connectivity index (χ2n) is 8.09. The fraction of sp³-hybridized carbons (Fsp3) is 0.348. The lowest BCUT2D eigenvalue weighted by Gasteiger charge is -2.48. The van der Waals surface area contributed by atoms with Gasteiger partial charge in [-0.3, -0.25) is 9.78 Å². The second-order valence-corrected chi connectivity index (χ2v) is 8.09. The second kappa shape index (κ2) is 6.89. The van der Waals surface area contributed by atoms with Crippen LogP contribution >= 0.6 is 0 Å². The van der Waals surface area contributed by atoms with Gasteiger partial charge in [0, 0.05) is 31.0 Å². The molecule has 142 valence electrons. The van der Waals surface area contributed by atoms with E-state index in [-0.39, 0.29) is 5.91 Å². The van der Waals surface area contributed by atoms with Gasteiger partial charge in [0.1, 0.15) is 0 Å². The van der Waals surface area contributed by atoms with Crippen LogP contribution in [0.2, 0.25) is 0 Å². The smallest absolute Gasteiger partial charge is 0.274 e. The Morgan fingerprint density at radius 1 is 1.00 bits per heavy atom. The molecule has 3 aromatic rings. The van der Waals surface area contributed by atoms with Crippen molar-refractivity contribution in [3.8, 4) is 16.9 Å². The van der Waals surface area contributed by atoms with Gasteiger partial charge in [-0.05, 0) is 61.4 Å². The molecule has 28 heavy (non-hydrogen) atoms. The first-order chi connectivity index (χ1) is 13.7. The highest BCUT2D eigenvalue weighted by atomic mass is 16.2. The number of carbonyl (C=O) groups is 1. The van der Waals surface area contributed by atoms with Crippen molar-refractivity contribution in [2.75, 3.05) is 13.1 Å². The normalized spacial score (nSPS) is 18.1. The Balaban J connectivity index is 1.51. The number of likely N-dealkylation sites (tertiary alicyclic amines) is 1. The molecule has 1 amide bonds. The molecule has 1 saturated carbocycles. The van der Waals surface area contributed by atoms with Crippen molar-refractivity contribution in [3.05, 3.63) is 66.6 Å². The van der Waals surface area contributed by atoms with E-state index in [1.54, 1.807) is 6.20 Å². The third-order valence-corrected chi connectivity index (χ3v) is 6.25. The van der Waals surface area contributed by atoms with Crippen LogP contribution in [-0.2, 0) is 0 Å². The molecule has 5 nitrogen and oxygen atoms in total. The zero-order valence-corrected chi connectivity index (χ0v) is 15.9. The number of carbonyl (C=O) groups excluding carboxylic acids is 1. The van der Waals surface area contributed by atoms with Crippen LogP contribution in [0.5, 0.6) is 0 Å². The number of hydrogen-bond donors (Lipinski definition) is 0. The van der Waals surface area contributed by atoms with E-state index in [2.05, 4.69) is 4.98 Å². The Kier molecular flexibility index (Phi) is 4.23. The summed E-state index contributed by atoms with van der Waals surface area (Å²) in [6.45, 7) is 1.72. The first kappa shape index (κ1) is 17.2. The minimum absolute atomic E-state index is 0.0470. The number of hydrogen-bond acceptors (Lipinski definition) is 3. The van der Waals surface area contributed by atoms with Crippen molar-refractivity contribution in [3.63, 3.8) is 0 Å². The molecule has 1 spiro atoms. The highest BCUT2D eigenvalue weighted by Crippen LogP contribution is 2.47. The SMILES string of the molecule is O=C(c1cc(-c2cccnc2)n(-c2ccccc2)n1)N1CCCC2(CCC2)C1. The van der Waals surface area contributed by atoms with E-state index >= 15 is 0 Å². The number of pyridine rings is 1. The fourth-order valence-corrected chi connectivity index (χ4v) is 4.60. The summed E-state index contributed by atoms with van der Waals surface area (Å²) in [4.78, 5) is 19.6. The Morgan fingerprint density at radius 3 is 2.54 bits per heavy atom. The molecule has 2 fully saturated rings. The third kappa shape index (κ3) is 3.01. The molecule has 0 bridgehead atoms. The molecule has 1 aliphatic heterocycles. The first-order valence-corrected chi connectivity index (χ1v) is 10.1. The van der Waals surface area contributed by atoms with E-state index in [1.807, 2.05) is 64.3 Å². The quantitative estimate of drug-likeness (QED) is 0.687. The highest BCUT2D eigenvalue weighted by molar-refractivity contribution is 5.93. The van der Waals surface area contributed by atoms with Gasteiger partial charge >= 0.3 is 0 Å². The van der Waals surface area contributed by atoms with Crippen LogP contribution in [-0.4, -0.2) is 38.7 Å². The van der Waals surface area contributed by atoms with Gasteiger partial charge < -0.3 is 4.90 Å². The van der Waals surface area contributed by atoms with E-state index in [1.165, 1.54) is 25.7 Å². The number of piperidine rings is 1. The average molecular weight is 372 g/mol. The number of para-hydroxylation sites is 1. The maximum absolute atomic E-state index is 13.3. The number of rotatable bonds is 3. The zero-order valence-electron chi connectivity index (χ0n) is 15.9. The highest BCUT2D eigenvalue weighted by Gasteiger charge is 2.42. The van der Waals surface area contributed by atoms with Gasteiger partial charge in [0.15, 0.2) is 5.69 Å². The lowest BCUT2D eigenvalue weighted by molar-refractivity contribution is 0.0182. The van der Waals surface area contributed by atoms with Crippen molar-refractivity contribution in [2.45, 2.75) is 32.1 Å². The summed E-state index contributed by atoms with van der Waals surface area (Å²) in [5.41, 5.74) is 3.67. The molecule has 0 N–H and O–H groups in total. The third-order valence-electron chi connectivity index (χ3n) is 6.25. The summed E-state index contributed by atoms with van der Waals surface area (Å²) in [6, 6.07) is 15.8. The molecule has 1 saturated heterocycles. The summed E-state index contributed by atoms with van der Waals surface area (Å²) >= 11 is 0. The maximum atomic E-state index is 13.3. The first-order valence-electron chi connectivity index (χ1n) is 10.1. The summed E-state index contributed by atoms with van der Waals surface area (Å²) in [5.74, 6) is 0.0470. The van der Waals surface area contributed by atoms with Crippen LogP contribution in [0.15, 0.2) is 60.9 Å². The molecule has 2 aliphatic rings. The fourth-order valence-electron chi connectivity index (χ4n) is 4.60. The molecular formula is C23H24N4O. The van der Waals surface area contributed by atoms with Gasteiger partial charge in [0.05, 0.1) is 11.4 Å². The van der Waals surface area contributed by atoms with E-state index in [0.29, 0.717) is 11.1 Å². The largest absolute Gasteiger partial charge is 0.337 e. The lowest BCUT2D eigenvalue weighted by Crippen LogP contribution is -2.49. The van der Waals surface area contributed by atoms with Crippen LogP contribution in [0, 0.1) is 5.41 Å². The average Bonchev–Trinajstić information content (AvgIpc) is 3.19. The van der Waals surface area contributed by atoms with E-state index in [4.69, 9.17) is 5.10 Å². The molecule has 0 radical (unpaired) electrons. The molecule has 5 heteroatoms. The van der Waals surface area contributed by atoms with Crippen LogP contribution in [0.25, 0.3) is 16.9 Å². The standard InChI is InChI=1S/C23H24N4O/c28-22(26-14-6-12-23(17-26)10-5-11-23)20-15-21(18-7-4-13-24-16-18)27(25-20)19-8-2-1-3-9-19/h1-4,7-9,13,15-16H,5-6,10-12,14,17H2. The molecule has 1 aromatic carbocycles. The van der Waals surface area contributed by atoms with Gasteiger partial charge in [0.25, 0.3) is 5.91 Å². The van der Waals surface area contributed by atoms with Crippen LogP contribution in [0.3, 0.4) is 0 Å². The van der Waals surface area contributed by atoms with Gasteiger partial charge in [-0.25, -0.2) is 4.68 Å². The predicted octanol–water partition coefficient (Wildman–Crippen LogP) is 4.34. The summed E-state index contributed by atoms with van der Waals surface area (Å²) in [5, 5.41) is 4.72. The van der Waals surface area contributed by atoms with Crippen molar-refractivity contribution >= 4 is 5.91 Å². The van der Waals surface area contributed by atoms with Gasteiger partial charge in [0.2, 0.25) is 0 Å². The molecule has 0 atom stereocenters. The van der Waals surface area contributed by atoms with Crippen LogP contribution in [0.4, 0.5) is 0 Å². The molecule has 1 aliphatic carbocycles. The lowest BCUT2D eigenvalue weighted by atomic mass is 9.64. The van der Waals surface area contributed by atoms with E-state index in [9.17, 15) is 4.79 Å². The summed E-state index contributed by atoms with van der Waals surface area (Å²) in [6.07, 6.45) is 9.75. The predicted molar refractivity (Wildman–Crippen MR) is 108 cm³/mol. The van der Waals surface area contributed by atoms with Crippen molar-refractivity contribution in [2.24, 2.45) is 5.41 Å². The summed E-state index contributed by atoms with van der Waals surface area (Å²) in [7, 11) is 0. The molecule has 3 heterocycles. The van der Waals surface area contributed by atoms with Crippen molar-refractivity contribution in [1.29, 1.82) is 0 Å². The van der Waals surface area contributed by atoms with Gasteiger partial charge in [-0.15, -0.1) is 0 Å². The van der Waals surface area contributed by atoms with E-state index in [0.717, 1.165) is 36.5 Å². The Labute approximate surface area is 165 Å². The van der Waals surface area contributed by atoms with Crippen molar-refractivity contribution in [1.82, 2.24) is 19.7 Å². The monoisotopic (exact) mass is 372 g/mol. The summed E-state index contributed by atoms with van der Waals surface area (Å²) < 4.78 is 1.85. The molecule has 0 unspecified atom stereocenters. The Hall–Kier alpha value is -2.95. The number of benzene rings is 1. The minimum atomic E-state index is 0.0470.